The highest BCUT2D eigenvalue weighted by Crippen LogP contribution is 2.17. The van der Waals surface area contributed by atoms with Gasteiger partial charge in [-0.05, 0) is 25.0 Å². The average Bonchev–Trinajstić information content (AvgIpc) is 3.02. The molecule has 0 radical (unpaired) electrons. The van der Waals surface area contributed by atoms with Gasteiger partial charge in [-0.25, -0.2) is 0 Å². The maximum Gasteiger partial charge on any atom is 0.274 e. The van der Waals surface area contributed by atoms with Crippen molar-refractivity contribution < 1.29 is 4.79 Å². The van der Waals surface area contributed by atoms with Crippen molar-refractivity contribution in [3.05, 3.63) is 17.8 Å². The van der Waals surface area contributed by atoms with Crippen molar-refractivity contribution in [3.8, 4) is 0 Å². The third-order valence-corrected chi connectivity index (χ3v) is 4.54. The van der Waals surface area contributed by atoms with E-state index in [4.69, 9.17) is 0 Å². The second-order valence-electron chi connectivity index (χ2n) is 4.88. The predicted molar refractivity (Wildman–Crippen MR) is 76.7 cm³/mol. The molecular formula is C13H18N4OS. The summed E-state index contributed by atoms with van der Waals surface area (Å²) in [7, 11) is 0. The molecule has 5 nitrogen and oxygen atoms in total. The van der Waals surface area contributed by atoms with Crippen LogP contribution < -0.4 is 4.90 Å². The van der Waals surface area contributed by atoms with Gasteiger partial charge in [0, 0.05) is 37.7 Å². The fourth-order valence-corrected chi connectivity index (χ4v) is 3.39. The first-order valence-electron chi connectivity index (χ1n) is 6.80. The number of nitrogens with zero attached hydrogens (tertiary/aromatic N) is 4. The number of carbonyl (C=O) groups is 1. The number of aromatic nitrogens is 2. The lowest BCUT2D eigenvalue weighted by Crippen LogP contribution is -2.38. The molecule has 0 spiro atoms. The Bertz CT molecular complexity index is 438. The number of anilines is 1. The summed E-state index contributed by atoms with van der Waals surface area (Å²) >= 11 is 1.89. The monoisotopic (exact) mass is 278 g/mol. The second kappa shape index (κ2) is 5.77. The first kappa shape index (κ1) is 12.7. The Balaban J connectivity index is 1.69. The Kier molecular flexibility index (Phi) is 3.87. The number of thioether (sulfide) groups is 1. The van der Waals surface area contributed by atoms with Gasteiger partial charge >= 0.3 is 0 Å². The van der Waals surface area contributed by atoms with E-state index in [1.54, 1.807) is 0 Å². The summed E-state index contributed by atoms with van der Waals surface area (Å²) in [6.07, 6.45) is 2.43. The van der Waals surface area contributed by atoms with E-state index in [1.807, 2.05) is 28.8 Å². The van der Waals surface area contributed by atoms with Gasteiger partial charge in [0.25, 0.3) is 5.91 Å². The Hall–Kier alpha value is -1.30. The Morgan fingerprint density at radius 1 is 1.05 bits per heavy atom. The van der Waals surface area contributed by atoms with Crippen molar-refractivity contribution in [2.24, 2.45) is 0 Å². The summed E-state index contributed by atoms with van der Waals surface area (Å²) in [4.78, 5) is 16.3. The number of hydrogen-bond donors (Lipinski definition) is 0. The van der Waals surface area contributed by atoms with Gasteiger partial charge in [-0.2, -0.15) is 11.8 Å². The summed E-state index contributed by atoms with van der Waals surface area (Å²) in [6.45, 7) is 3.73. The van der Waals surface area contributed by atoms with E-state index >= 15 is 0 Å². The predicted octanol–water partition coefficient (Wildman–Crippen LogP) is 1.27. The highest BCUT2D eigenvalue weighted by molar-refractivity contribution is 7.99. The third-order valence-electron chi connectivity index (χ3n) is 3.60. The van der Waals surface area contributed by atoms with Crippen molar-refractivity contribution in [2.45, 2.75) is 12.8 Å². The number of hydrogen-bond acceptors (Lipinski definition) is 5. The topological polar surface area (TPSA) is 49.3 Å². The molecule has 0 bridgehead atoms. The zero-order chi connectivity index (χ0) is 13.1. The Morgan fingerprint density at radius 3 is 2.42 bits per heavy atom. The Labute approximate surface area is 117 Å². The molecule has 0 atom stereocenters. The van der Waals surface area contributed by atoms with Crippen LogP contribution >= 0.6 is 11.8 Å². The van der Waals surface area contributed by atoms with E-state index < -0.39 is 0 Å². The highest BCUT2D eigenvalue weighted by Gasteiger charge is 2.20. The van der Waals surface area contributed by atoms with Gasteiger partial charge in [-0.1, -0.05) is 0 Å². The van der Waals surface area contributed by atoms with Crippen molar-refractivity contribution in [3.63, 3.8) is 0 Å². The lowest BCUT2D eigenvalue weighted by Gasteiger charge is -2.26. The van der Waals surface area contributed by atoms with Crippen molar-refractivity contribution in [1.29, 1.82) is 0 Å². The Morgan fingerprint density at radius 2 is 1.79 bits per heavy atom. The lowest BCUT2D eigenvalue weighted by molar-refractivity contribution is 0.0765. The van der Waals surface area contributed by atoms with Gasteiger partial charge in [0.15, 0.2) is 11.5 Å². The van der Waals surface area contributed by atoms with E-state index in [-0.39, 0.29) is 5.91 Å². The largest absolute Gasteiger partial charge is 0.355 e. The van der Waals surface area contributed by atoms with Crippen LogP contribution in [0.2, 0.25) is 0 Å². The molecule has 2 aliphatic heterocycles. The maximum absolute atomic E-state index is 12.2. The molecule has 2 aliphatic rings. The minimum Gasteiger partial charge on any atom is -0.355 e. The summed E-state index contributed by atoms with van der Waals surface area (Å²) in [5, 5.41) is 8.31. The van der Waals surface area contributed by atoms with Crippen molar-refractivity contribution in [2.75, 3.05) is 42.6 Å². The van der Waals surface area contributed by atoms with Gasteiger partial charge in [-0.15, -0.1) is 10.2 Å². The van der Waals surface area contributed by atoms with E-state index in [2.05, 4.69) is 15.1 Å². The molecular weight excluding hydrogens is 260 g/mol. The first-order valence-corrected chi connectivity index (χ1v) is 7.96. The summed E-state index contributed by atoms with van der Waals surface area (Å²) in [5.74, 6) is 2.94. The molecule has 6 heteroatoms. The fraction of sp³-hybridized carbons (Fsp3) is 0.615. The van der Waals surface area contributed by atoms with E-state index in [9.17, 15) is 4.79 Å². The molecule has 102 valence electrons. The highest BCUT2D eigenvalue weighted by atomic mass is 32.2. The molecule has 1 aromatic heterocycles. The molecule has 0 N–H and O–H groups in total. The van der Waals surface area contributed by atoms with Crippen LogP contribution in [0, 0.1) is 0 Å². The molecule has 1 aromatic rings. The SMILES string of the molecule is O=C(c1ccc(N2CCCC2)nn1)N1CCSCC1. The van der Waals surface area contributed by atoms with E-state index in [0.29, 0.717) is 5.69 Å². The molecule has 3 rings (SSSR count). The van der Waals surface area contributed by atoms with Crippen LogP contribution in [0.4, 0.5) is 5.82 Å². The summed E-state index contributed by atoms with van der Waals surface area (Å²) < 4.78 is 0. The van der Waals surface area contributed by atoms with Crippen molar-refractivity contribution in [1.82, 2.24) is 15.1 Å². The van der Waals surface area contributed by atoms with Crippen molar-refractivity contribution >= 4 is 23.5 Å². The van der Waals surface area contributed by atoms with Crippen LogP contribution in [0.25, 0.3) is 0 Å². The molecule has 0 aromatic carbocycles. The quantitative estimate of drug-likeness (QED) is 0.815. The molecule has 2 saturated heterocycles. The molecule has 3 heterocycles. The lowest BCUT2D eigenvalue weighted by atomic mass is 10.3. The fourth-order valence-electron chi connectivity index (χ4n) is 2.48. The minimum atomic E-state index is 0.0146. The average molecular weight is 278 g/mol. The smallest absolute Gasteiger partial charge is 0.274 e. The second-order valence-corrected chi connectivity index (χ2v) is 6.10. The van der Waals surface area contributed by atoms with Crippen LogP contribution in [-0.4, -0.2) is 58.7 Å². The number of rotatable bonds is 2. The molecule has 0 saturated carbocycles. The maximum atomic E-state index is 12.2. The third kappa shape index (κ3) is 2.83. The zero-order valence-corrected chi connectivity index (χ0v) is 11.7. The molecule has 19 heavy (non-hydrogen) atoms. The zero-order valence-electron chi connectivity index (χ0n) is 10.9. The first-order chi connectivity index (χ1) is 9.34. The summed E-state index contributed by atoms with van der Waals surface area (Å²) in [6, 6.07) is 3.73. The van der Waals surface area contributed by atoms with Crippen LogP contribution in [0.5, 0.6) is 0 Å². The molecule has 2 fully saturated rings. The molecule has 0 aliphatic carbocycles. The standard InChI is InChI=1S/C13H18N4OS/c18-13(17-7-9-19-10-8-17)11-3-4-12(15-14-11)16-5-1-2-6-16/h3-4H,1-2,5-10H2. The van der Waals surface area contributed by atoms with Gasteiger partial charge in [-0.3, -0.25) is 4.79 Å². The van der Waals surface area contributed by atoms with E-state index in [0.717, 1.165) is 43.5 Å². The summed E-state index contributed by atoms with van der Waals surface area (Å²) in [5.41, 5.74) is 0.467. The van der Waals surface area contributed by atoms with Crippen LogP contribution in [0.15, 0.2) is 12.1 Å². The molecule has 1 amide bonds. The van der Waals surface area contributed by atoms with Crippen LogP contribution in [0.1, 0.15) is 23.3 Å². The van der Waals surface area contributed by atoms with Gasteiger partial charge in [0.2, 0.25) is 0 Å². The minimum absolute atomic E-state index is 0.0146. The van der Waals surface area contributed by atoms with Crippen LogP contribution in [0.3, 0.4) is 0 Å². The van der Waals surface area contributed by atoms with Gasteiger partial charge in [0.1, 0.15) is 0 Å². The normalized spacial score (nSPS) is 19.8. The van der Waals surface area contributed by atoms with Gasteiger partial charge in [0.05, 0.1) is 0 Å². The van der Waals surface area contributed by atoms with Crippen LogP contribution in [-0.2, 0) is 0 Å². The number of amides is 1. The van der Waals surface area contributed by atoms with E-state index in [1.165, 1.54) is 12.8 Å². The number of carbonyl (C=O) groups excluding carboxylic acids is 1. The van der Waals surface area contributed by atoms with Gasteiger partial charge < -0.3 is 9.80 Å². The molecule has 0 unspecified atom stereocenters.